The number of hydrogen-bond acceptors (Lipinski definition) is 6. The van der Waals surface area contributed by atoms with E-state index in [4.69, 9.17) is 18.6 Å². The zero-order valence-electron chi connectivity index (χ0n) is 16.9. The molecule has 0 bridgehead atoms. The second-order valence-electron chi connectivity index (χ2n) is 7.07. The molecule has 1 saturated heterocycles. The number of ether oxygens (including phenoxy) is 3. The number of rotatable bonds is 8. The smallest absolute Gasteiger partial charge is 0.314 e. The second-order valence-corrected chi connectivity index (χ2v) is 7.07. The highest BCUT2D eigenvalue weighted by molar-refractivity contribution is 5.92. The van der Waals surface area contributed by atoms with Crippen molar-refractivity contribution in [2.75, 3.05) is 33.4 Å². The Labute approximate surface area is 170 Å². The van der Waals surface area contributed by atoms with E-state index in [-0.39, 0.29) is 30.1 Å². The molecule has 156 valence electrons. The molecule has 29 heavy (non-hydrogen) atoms. The molecule has 7 heteroatoms. The Morgan fingerprint density at radius 2 is 1.97 bits per heavy atom. The van der Waals surface area contributed by atoms with Gasteiger partial charge in [-0.25, -0.2) is 0 Å². The molecular formula is C22H27NO6. The van der Waals surface area contributed by atoms with Crippen molar-refractivity contribution in [1.82, 2.24) is 4.90 Å². The van der Waals surface area contributed by atoms with E-state index < -0.39 is 5.41 Å². The zero-order valence-corrected chi connectivity index (χ0v) is 16.9. The first-order valence-electron chi connectivity index (χ1n) is 9.86. The minimum Gasteiger partial charge on any atom is -0.494 e. The van der Waals surface area contributed by atoms with Gasteiger partial charge in [0.05, 0.1) is 25.7 Å². The Morgan fingerprint density at radius 3 is 2.66 bits per heavy atom. The van der Waals surface area contributed by atoms with Crippen LogP contribution in [0.25, 0.3) is 0 Å². The van der Waals surface area contributed by atoms with Crippen molar-refractivity contribution in [2.24, 2.45) is 5.41 Å². The first-order chi connectivity index (χ1) is 14.1. The zero-order chi connectivity index (χ0) is 20.7. The van der Waals surface area contributed by atoms with Crippen molar-refractivity contribution in [3.8, 4) is 11.7 Å². The predicted molar refractivity (Wildman–Crippen MR) is 106 cm³/mol. The molecule has 1 aliphatic rings. The van der Waals surface area contributed by atoms with E-state index >= 15 is 0 Å². The van der Waals surface area contributed by atoms with Gasteiger partial charge < -0.3 is 23.5 Å². The van der Waals surface area contributed by atoms with E-state index in [1.54, 1.807) is 24.0 Å². The van der Waals surface area contributed by atoms with Crippen LogP contribution in [-0.4, -0.2) is 50.2 Å². The number of furan rings is 1. The Kier molecular flexibility index (Phi) is 6.80. The van der Waals surface area contributed by atoms with Crippen LogP contribution in [0.4, 0.5) is 0 Å². The highest BCUT2D eigenvalue weighted by Crippen LogP contribution is 2.36. The molecule has 1 aromatic carbocycles. The number of piperidine rings is 1. The van der Waals surface area contributed by atoms with Gasteiger partial charge in [-0.2, -0.15) is 0 Å². The number of nitrogens with zero attached hydrogens (tertiary/aromatic N) is 1. The number of esters is 1. The number of carbonyl (C=O) groups excluding carboxylic acids is 2. The maximum atomic E-state index is 12.9. The van der Waals surface area contributed by atoms with E-state index in [1.165, 1.54) is 7.11 Å². The number of benzene rings is 1. The van der Waals surface area contributed by atoms with Gasteiger partial charge in [-0.15, -0.1) is 0 Å². The lowest BCUT2D eigenvalue weighted by molar-refractivity contribution is -0.159. The van der Waals surface area contributed by atoms with Crippen LogP contribution >= 0.6 is 0 Å². The quantitative estimate of drug-likeness (QED) is 0.630. The number of carbonyl (C=O) groups is 2. The summed E-state index contributed by atoms with van der Waals surface area (Å²) in [6, 6.07) is 12.6. The Bertz CT molecular complexity index is 818. The Morgan fingerprint density at radius 1 is 1.17 bits per heavy atom. The van der Waals surface area contributed by atoms with Gasteiger partial charge in [-0.1, -0.05) is 18.2 Å². The number of amides is 1. The summed E-state index contributed by atoms with van der Waals surface area (Å²) in [6.07, 6.45) is 1.81. The van der Waals surface area contributed by atoms with Crippen LogP contribution in [0.15, 0.2) is 46.9 Å². The van der Waals surface area contributed by atoms with Crippen LogP contribution in [0.5, 0.6) is 11.7 Å². The van der Waals surface area contributed by atoms with Crippen molar-refractivity contribution in [1.29, 1.82) is 0 Å². The molecule has 1 aromatic heterocycles. The van der Waals surface area contributed by atoms with Gasteiger partial charge in [0.25, 0.3) is 11.9 Å². The average molecular weight is 401 g/mol. The van der Waals surface area contributed by atoms with Crippen LogP contribution in [0.3, 0.4) is 0 Å². The standard InChI is InChI=1S/C22H27NO6/c1-3-27-21(25)22(13-15-28-17-8-5-4-6-9-17)12-7-14-23(16-22)20(24)18-10-11-19(26-2)29-18/h4-6,8-11H,3,7,12-16H2,1-2H3/t22-/m1/s1. The second kappa shape index (κ2) is 9.49. The fraction of sp³-hybridized carbons (Fsp3) is 0.455. The molecule has 0 unspecified atom stereocenters. The molecule has 2 heterocycles. The highest BCUT2D eigenvalue weighted by atomic mass is 16.6. The van der Waals surface area contributed by atoms with Gasteiger partial charge in [-0.05, 0) is 44.4 Å². The highest BCUT2D eigenvalue weighted by Gasteiger charge is 2.45. The molecule has 1 aliphatic heterocycles. The average Bonchev–Trinajstić information content (AvgIpc) is 3.23. The predicted octanol–water partition coefficient (Wildman–Crippen LogP) is 3.54. The van der Waals surface area contributed by atoms with E-state index in [2.05, 4.69) is 0 Å². The number of likely N-dealkylation sites (tertiary alicyclic amines) is 1. The fourth-order valence-electron chi connectivity index (χ4n) is 3.64. The van der Waals surface area contributed by atoms with Crippen molar-refractivity contribution in [3.05, 3.63) is 48.2 Å². The first kappa shape index (κ1) is 20.8. The van der Waals surface area contributed by atoms with Gasteiger partial charge in [0.2, 0.25) is 0 Å². The van der Waals surface area contributed by atoms with Crippen molar-refractivity contribution < 1.29 is 28.2 Å². The number of hydrogen-bond donors (Lipinski definition) is 0. The van der Waals surface area contributed by atoms with Crippen LogP contribution in [0.1, 0.15) is 36.7 Å². The van der Waals surface area contributed by atoms with E-state index in [9.17, 15) is 9.59 Å². The molecule has 0 spiro atoms. The molecule has 1 amide bonds. The van der Waals surface area contributed by atoms with Crippen LogP contribution in [-0.2, 0) is 9.53 Å². The van der Waals surface area contributed by atoms with Gasteiger partial charge in [-0.3, -0.25) is 9.59 Å². The minimum atomic E-state index is -0.796. The summed E-state index contributed by atoms with van der Waals surface area (Å²) in [5.41, 5.74) is -0.796. The molecule has 0 saturated carbocycles. The van der Waals surface area contributed by atoms with E-state index in [0.29, 0.717) is 39.0 Å². The molecule has 7 nitrogen and oxygen atoms in total. The lowest BCUT2D eigenvalue weighted by Gasteiger charge is -2.40. The van der Waals surface area contributed by atoms with Crippen LogP contribution in [0, 0.1) is 5.41 Å². The number of methoxy groups -OCH3 is 1. The topological polar surface area (TPSA) is 78.2 Å². The minimum absolute atomic E-state index is 0.196. The first-order valence-corrected chi connectivity index (χ1v) is 9.86. The van der Waals surface area contributed by atoms with Crippen LogP contribution < -0.4 is 9.47 Å². The van der Waals surface area contributed by atoms with E-state index in [0.717, 1.165) is 5.75 Å². The molecule has 1 fully saturated rings. The lowest BCUT2D eigenvalue weighted by atomic mass is 9.77. The van der Waals surface area contributed by atoms with Crippen LogP contribution in [0.2, 0.25) is 0 Å². The summed E-state index contributed by atoms with van der Waals surface area (Å²) >= 11 is 0. The largest absolute Gasteiger partial charge is 0.494 e. The third-order valence-electron chi connectivity index (χ3n) is 5.16. The fourth-order valence-corrected chi connectivity index (χ4v) is 3.64. The summed E-state index contributed by atoms with van der Waals surface area (Å²) < 4.78 is 21.6. The number of para-hydroxylation sites is 1. The third kappa shape index (κ3) is 4.91. The Balaban J connectivity index is 1.72. The van der Waals surface area contributed by atoms with Gasteiger partial charge in [0, 0.05) is 19.2 Å². The summed E-state index contributed by atoms with van der Waals surface area (Å²) in [7, 11) is 1.48. The maximum absolute atomic E-state index is 12.9. The summed E-state index contributed by atoms with van der Waals surface area (Å²) in [5.74, 6) is 0.676. The molecule has 3 rings (SSSR count). The molecule has 2 aromatic rings. The van der Waals surface area contributed by atoms with E-state index in [1.807, 2.05) is 30.3 Å². The summed E-state index contributed by atoms with van der Waals surface area (Å²) in [6.45, 7) is 3.27. The van der Waals surface area contributed by atoms with Gasteiger partial charge in [0.1, 0.15) is 5.75 Å². The van der Waals surface area contributed by atoms with Gasteiger partial charge >= 0.3 is 5.97 Å². The van der Waals surface area contributed by atoms with Gasteiger partial charge in [0.15, 0.2) is 5.76 Å². The third-order valence-corrected chi connectivity index (χ3v) is 5.16. The molecule has 0 N–H and O–H groups in total. The molecule has 1 atom stereocenters. The summed E-state index contributed by atoms with van der Waals surface area (Å²) in [4.78, 5) is 27.4. The lowest BCUT2D eigenvalue weighted by Crippen LogP contribution is -2.51. The maximum Gasteiger partial charge on any atom is 0.314 e. The normalized spacial score (nSPS) is 18.9. The summed E-state index contributed by atoms with van der Waals surface area (Å²) in [5, 5.41) is 0. The Hall–Kier alpha value is -2.96. The van der Waals surface area contributed by atoms with Crippen molar-refractivity contribution >= 4 is 11.9 Å². The SMILES string of the molecule is CCOC(=O)[C@@]1(CCOc2ccccc2)CCCN(C(=O)c2ccc(OC)o2)C1. The van der Waals surface area contributed by atoms with Crippen molar-refractivity contribution in [2.45, 2.75) is 26.2 Å². The molecular weight excluding hydrogens is 374 g/mol. The van der Waals surface area contributed by atoms with Crippen molar-refractivity contribution in [3.63, 3.8) is 0 Å². The molecule has 0 radical (unpaired) electrons. The molecule has 0 aliphatic carbocycles. The monoisotopic (exact) mass is 401 g/mol.